The Morgan fingerprint density at radius 3 is 2.94 bits per heavy atom. The van der Waals surface area contributed by atoms with Gasteiger partial charge in [0.15, 0.2) is 0 Å². The Kier molecular flexibility index (Phi) is 3.28. The molecule has 2 heteroatoms. The first-order chi connectivity index (χ1) is 7.74. The second-order valence-electron chi connectivity index (χ2n) is 4.46. The fourth-order valence-corrected chi connectivity index (χ4v) is 2.47. The summed E-state index contributed by atoms with van der Waals surface area (Å²) in [6.45, 7) is 5.06. The minimum absolute atomic E-state index is 0.240. The molecule has 1 unspecified atom stereocenters. The number of rotatable bonds is 2. The first kappa shape index (κ1) is 11.2. The number of amides is 1. The first-order valence-corrected chi connectivity index (χ1v) is 6.11. The zero-order valence-electron chi connectivity index (χ0n) is 10.1. The molecular formula is C14H19NO. The lowest BCUT2D eigenvalue weighted by molar-refractivity contribution is -0.133. The summed E-state index contributed by atoms with van der Waals surface area (Å²) < 4.78 is 0. The number of benzene rings is 1. The predicted molar refractivity (Wildman–Crippen MR) is 65.2 cm³/mol. The van der Waals surface area contributed by atoms with Gasteiger partial charge in [-0.25, -0.2) is 0 Å². The molecule has 2 rings (SSSR count). The molecule has 0 spiro atoms. The van der Waals surface area contributed by atoms with E-state index in [0.29, 0.717) is 12.3 Å². The van der Waals surface area contributed by atoms with E-state index in [2.05, 4.69) is 38.1 Å². The van der Waals surface area contributed by atoms with E-state index < -0.39 is 0 Å². The molecule has 0 radical (unpaired) electrons. The second-order valence-corrected chi connectivity index (χ2v) is 4.46. The molecule has 86 valence electrons. The van der Waals surface area contributed by atoms with Gasteiger partial charge in [0.1, 0.15) is 0 Å². The predicted octanol–water partition coefficient (Wildman–Crippen LogP) is 2.93. The highest BCUT2D eigenvalue weighted by atomic mass is 16.2. The number of carbonyl (C=O) groups is 1. The van der Waals surface area contributed by atoms with Crippen LogP contribution in [0.3, 0.4) is 0 Å². The Bertz CT molecular complexity index is 386. The van der Waals surface area contributed by atoms with Crippen molar-refractivity contribution in [1.29, 1.82) is 0 Å². The van der Waals surface area contributed by atoms with E-state index in [1.165, 1.54) is 11.1 Å². The van der Waals surface area contributed by atoms with Gasteiger partial charge in [-0.15, -0.1) is 0 Å². The van der Waals surface area contributed by atoms with E-state index >= 15 is 0 Å². The molecule has 2 nitrogen and oxygen atoms in total. The molecule has 0 N–H and O–H groups in total. The van der Waals surface area contributed by atoms with Crippen molar-refractivity contribution < 1.29 is 4.79 Å². The highest BCUT2D eigenvalue weighted by Crippen LogP contribution is 2.29. The molecule has 1 aromatic carbocycles. The molecule has 0 aliphatic carbocycles. The van der Waals surface area contributed by atoms with Gasteiger partial charge in [-0.2, -0.15) is 0 Å². The van der Waals surface area contributed by atoms with E-state index in [1.807, 2.05) is 4.90 Å². The van der Waals surface area contributed by atoms with Gasteiger partial charge in [-0.05, 0) is 30.9 Å². The van der Waals surface area contributed by atoms with Crippen molar-refractivity contribution in [1.82, 2.24) is 4.90 Å². The van der Waals surface area contributed by atoms with Gasteiger partial charge in [0, 0.05) is 13.0 Å². The molecule has 0 fully saturated rings. The second kappa shape index (κ2) is 4.69. The third-order valence-corrected chi connectivity index (χ3v) is 3.38. The lowest BCUT2D eigenvalue weighted by Crippen LogP contribution is -2.38. The quantitative estimate of drug-likeness (QED) is 0.746. The van der Waals surface area contributed by atoms with Gasteiger partial charge < -0.3 is 4.90 Å². The topological polar surface area (TPSA) is 20.3 Å². The van der Waals surface area contributed by atoms with Crippen LogP contribution in [0.15, 0.2) is 24.3 Å². The molecule has 1 aliphatic rings. The number of hydrogen-bond acceptors (Lipinski definition) is 1. The van der Waals surface area contributed by atoms with Gasteiger partial charge in [0.05, 0.1) is 6.04 Å². The zero-order chi connectivity index (χ0) is 11.5. The van der Waals surface area contributed by atoms with Crippen molar-refractivity contribution in [2.45, 2.75) is 39.2 Å². The molecule has 16 heavy (non-hydrogen) atoms. The van der Waals surface area contributed by atoms with Crippen molar-refractivity contribution in [2.75, 3.05) is 6.54 Å². The molecule has 1 aromatic rings. The molecule has 1 amide bonds. The normalized spacial score (nSPS) is 19.4. The SMILES string of the molecule is CCCC(=O)N1CCc2ccccc2C1C. The maximum atomic E-state index is 11.9. The van der Waals surface area contributed by atoms with Crippen molar-refractivity contribution in [3.05, 3.63) is 35.4 Å². The molecule has 1 atom stereocenters. The lowest BCUT2D eigenvalue weighted by atomic mass is 9.93. The summed E-state index contributed by atoms with van der Waals surface area (Å²) >= 11 is 0. The van der Waals surface area contributed by atoms with Crippen LogP contribution in [0, 0.1) is 0 Å². The highest BCUT2D eigenvalue weighted by molar-refractivity contribution is 5.77. The summed E-state index contributed by atoms with van der Waals surface area (Å²) in [5, 5.41) is 0. The third-order valence-electron chi connectivity index (χ3n) is 3.38. The number of hydrogen-bond donors (Lipinski definition) is 0. The molecular weight excluding hydrogens is 198 g/mol. The van der Waals surface area contributed by atoms with Gasteiger partial charge >= 0.3 is 0 Å². The largest absolute Gasteiger partial charge is 0.336 e. The van der Waals surface area contributed by atoms with E-state index in [-0.39, 0.29) is 6.04 Å². The number of fused-ring (bicyclic) bond motifs is 1. The van der Waals surface area contributed by atoms with E-state index in [0.717, 1.165) is 19.4 Å². The Morgan fingerprint density at radius 1 is 1.44 bits per heavy atom. The fraction of sp³-hybridized carbons (Fsp3) is 0.500. The van der Waals surface area contributed by atoms with Crippen LogP contribution in [-0.4, -0.2) is 17.4 Å². The Hall–Kier alpha value is -1.31. The van der Waals surface area contributed by atoms with Crippen LogP contribution in [0.2, 0.25) is 0 Å². The van der Waals surface area contributed by atoms with Crippen LogP contribution in [0.25, 0.3) is 0 Å². The van der Waals surface area contributed by atoms with Crippen LogP contribution in [0.4, 0.5) is 0 Å². The van der Waals surface area contributed by atoms with Crippen molar-refractivity contribution >= 4 is 5.91 Å². The number of carbonyl (C=O) groups excluding carboxylic acids is 1. The summed E-state index contributed by atoms with van der Waals surface area (Å²) in [6.07, 6.45) is 2.60. The zero-order valence-corrected chi connectivity index (χ0v) is 10.1. The van der Waals surface area contributed by atoms with E-state index in [4.69, 9.17) is 0 Å². The van der Waals surface area contributed by atoms with E-state index in [1.54, 1.807) is 0 Å². The maximum Gasteiger partial charge on any atom is 0.223 e. The van der Waals surface area contributed by atoms with Crippen molar-refractivity contribution in [3.63, 3.8) is 0 Å². The maximum absolute atomic E-state index is 11.9. The van der Waals surface area contributed by atoms with Crippen LogP contribution in [0.5, 0.6) is 0 Å². The van der Waals surface area contributed by atoms with Gasteiger partial charge in [-0.3, -0.25) is 4.79 Å². The summed E-state index contributed by atoms with van der Waals surface area (Å²) in [6, 6.07) is 8.70. The Balaban J connectivity index is 2.21. The molecule has 0 saturated carbocycles. The average Bonchev–Trinajstić information content (AvgIpc) is 2.30. The van der Waals surface area contributed by atoms with Crippen LogP contribution >= 0.6 is 0 Å². The number of nitrogens with zero attached hydrogens (tertiary/aromatic N) is 1. The molecule has 0 bridgehead atoms. The van der Waals surface area contributed by atoms with E-state index in [9.17, 15) is 4.79 Å². The van der Waals surface area contributed by atoms with Crippen molar-refractivity contribution in [2.24, 2.45) is 0 Å². The Labute approximate surface area is 97.3 Å². The lowest BCUT2D eigenvalue weighted by Gasteiger charge is -2.35. The Morgan fingerprint density at radius 2 is 2.19 bits per heavy atom. The van der Waals surface area contributed by atoms with Gasteiger partial charge in [-0.1, -0.05) is 31.2 Å². The summed E-state index contributed by atoms with van der Waals surface area (Å²) in [5.74, 6) is 0.296. The van der Waals surface area contributed by atoms with Crippen LogP contribution < -0.4 is 0 Å². The summed E-state index contributed by atoms with van der Waals surface area (Å²) in [5.41, 5.74) is 2.72. The molecule has 0 saturated heterocycles. The smallest absolute Gasteiger partial charge is 0.223 e. The summed E-state index contributed by atoms with van der Waals surface area (Å²) in [4.78, 5) is 14.0. The molecule has 0 aromatic heterocycles. The van der Waals surface area contributed by atoms with Gasteiger partial charge in [0.2, 0.25) is 5.91 Å². The highest BCUT2D eigenvalue weighted by Gasteiger charge is 2.26. The molecule has 1 aliphatic heterocycles. The van der Waals surface area contributed by atoms with Crippen molar-refractivity contribution in [3.8, 4) is 0 Å². The first-order valence-electron chi connectivity index (χ1n) is 6.11. The monoisotopic (exact) mass is 217 g/mol. The third kappa shape index (κ3) is 1.97. The van der Waals surface area contributed by atoms with Crippen LogP contribution in [0.1, 0.15) is 43.9 Å². The van der Waals surface area contributed by atoms with Gasteiger partial charge in [0.25, 0.3) is 0 Å². The average molecular weight is 217 g/mol. The van der Waals surface area contributed by atoms with Crippen LogP contribution in [-0.2, 0) is 11.2 Å². The fourth-order valence-electron chi connectivity index (χ4n) is 2.47. The summed E-state index contributed by atoms with van der Waals surface area (Å²) in [7, 11) is 0. The standard InChI is InChI=1S/C14H19NO/c1-3-6-14(16)15-10-9-12-7-4-5-8-13(12)11(15)2/h4-5,7-8,11H,3,6,9-10H2,1-2H3. The molecule has 1 heterocycles. The minimum atomic E-state index is 0.240. The minimum Gasteiger partial charge on any atom is -0.336 e.